The SMILES string of the molecule is Cc1ccc([C@H](CNC(=O)Cc2ccc(Br)cc2)N2CCCC2)o1. The number of halogens is 1. The van der Waals surface area contributed by atoms with E-state index in [1.807, 2.05) is 43.3 Å². The van der Waals surface area contributed by atoms with Crippen molar-refractivity contribution < 1.29 is 9.21 Å². The third-order valence-electron chi connectivity index (χ3n) is 4.44. The van der Waals surface area contributed by atoms with Crippen LogP contribution in [0.25, 0.3) is 0 Å². The minimum Gasteiger partial charge on any atom is -0.465 e. The summed E-state index contributed by atoms with van der Waals surface area (Å²) in [4.78, 5) is 14.7. The summed E-state index contributed by atoms with van der Waals surface area (Å²) < 4.78 is 6.85. The molecular weight excluding hydrogens is 368 g/mol. The van der Waals surface area contributed by atoms with Crippen molar-refractivity contribution in [1.82, 2.24) is 10.2 Å². The average molecular weight is 391 g/mol. The van der Waals surface area contributed by atoms with Crippen molar-refractivity contribution in [3.8, 4) is 0 Å². The molecule has 1 aromatic heterocycles. The third-order valence-corrected chi connectivity index (χ3v) is 4.97. The first-order chi connectivity index (χ1) is 11.6. The number of aryl methyl sites for hydroxylation is 1. The molecule has 3 rings (SSSR count). The van der Waals surface area contributed by atoms with Gasteiger partial charge < -0.3 is 9.73 Å². The zero-order valence-corrected chi connectivity index (χ0v) is 15.5. The molecule has 0 radical (unpaired) electrons. The van der Waals surface area contributed by atoms with Gasteiger partial charge >= 0.3 is 0 Å². The Kier molecular flexibility index (Phi) is 5.74. The van der Waals surface area contributed by atoms with Crippen LogP contribution in [0.2, 0.25) is 0 Å². The van der Waals surface area contributed by atoms with Crippen molar-refractivity contribution >= 4 is 21.8 Å². The molecule has 1 N–H and O–H groups in total. The molecule has 4 nitrogen and oxygen atoms in total. The summed E-state index contributed by atoms with van der Waals surface area (Å²) in [5.41, 5.74) is 1.02. The van der Waals surface area contributed by atoms with Gasteiger partial charge in [-0.15, -0.1) is 0 Å². The van der Waals surface area contributed by atoms with E-state index >= 15 is 0 Å². The van der Waals surface area contributed by atoms with Crippen LogP contribution in [0.15, 0.2) is 45.3 Å². The number of carbonyl (C=O) groups is 1. The topological polar surface area (TPSA) is 45.5 Å². The highest BCUT2D eigenvalue weighted by Gasteiger charge is 2.26. The number of nitrogens with zero attached hydrogens (tertiary/aromatic N) is 1. The van der Waals surface area contributed by atoms with Crippen molar-refractivity contribution in [2.24, 2.45) is 0 Å². The van der Waals surface area contributed by atoms with Crippen molar-refractivity contribution in [3.05, 3.63) is 58.0 Å². The van der Waals surface area contributed by atoms with Crippen molar-refractivity contribution in [2.75, 3.05) is 19.6 Å². The van der Waals surface area contributed by atoms with Gasteiger partial charge in [0.05, 0.1) is 12.5 Å². The Morgan fingerprint density at radius 2 is 1.92 bits per heavy atom. The molecule has 1 amide bonds. The monoisotopic (exact) mass is 390 g/mol. The first kappa shape index (κ1) is 17.2. The van der Waals surface area contributed by atoms with Gasteiger partial charge in [-0.3, -0.25) is 9.69 Å². The van der Waals surface area contributed by atoms with E-state index in [0.717, 1.165) is 34.6 Å². The smallest absolute Gasteiger partial charge is 0.224 e. The zero-order chi connectivity index (χ0) is 16.9. The summed E-state index contributed by atoms with van der Waals surface area (Å²) in [5.74, 6) is 1.90. The van der Waals surface area contributed by atoms with Crippen LogP contribution < -0.4 is 5.32 Å². The fourth-order valence-electron chi connectivity index (χ4n) is 3.16. The average Bonchev–Trinajstić information content (AvgIpc) is 3.22. The Morgan fingerprint density at radius 1 is 1.21 bits per heavy atom. The number of amides is 1. The lowest BCUT2D eigenvalue weighted by atomic mass is 10.1. The maximum atomic E-state index is 12.3. The second-order valence-electron chi connectivity index (χ2n) is 6.31. The molecule has 0 spiro atoms. The highest BCUT2D eigenvalue weighted by Crippen LogP contribution is 2.26. The molecule has 2 aromatic rings. The number of benzene rings is 1. The van der Waals surface area contributed by atoms with E-state index in [1.165, 1.54) is 12.8 Å². The Hall–Kier alpha value is -1.59. The van der Waals surface area contributed by atoms with Gasteiger partial charge in [0.2, 0.25) is 5.91 Å². The zero-order valence-electron chi connectivity index (χ0n) is 13.9. The Labute approximate surface area is 151 Å². The van der Waals surface area contributed by atoms with Gasteiger partial charge in [0.15, 0.2) is 0 Å². The van der Waals surface area contributed by atoms with Crippen LogP contribution in [-0.4, -0.2) is 30.4 Å². The molecule has 1 atom stereocenters. The first-order valence-corrected chi connectivity index (χ1v) is 9.22. The largest absolute Gasteiger partial charge is 0.465 e. The van der Waals surface area contributed by atoms with Crippen molar-refractivity contribution in [2.45, 2.75) is 32.2 Å². The predicted molar refractivity (Wildman–Crippen MR) is 97.8 cm³/mol. The quantitative estimate of drug-likeness (QED) is 0.814. The molecule has 24 heavy (non-hydrogen) atoms. The van der Waals surface area contributed by atoms with E-state index in [2.05, 4.69) is 26.1 Å². The van der Waals surface area contributed by atoms with E-state index in [-0.39, 0.29) is 11.9 Å². The van der Waals surface area contributed by atoms with E-state index in [0.29, 0.717) is 13.0 Å². The molecular formula is C19H23BrN2O2. The lowest BCUT2D eigenvalue weighted by molar-refractivity contribution is -0.120. The van der Waals surface area contributed by atoms with Gasteiger partial charge in [-0.05, 0) is 62.7 Å². The fourth-order valence-corrected chi connectivity index (χ4v) is 3.42. The molecule has 0 bridgehead atoms. The predicted octanol–water partition coefficient (Wildman–Crippen LogP) is 3.85. The maximum Gasteiger partial charge on any atom is 0.224 e. The minimum absolute atomic E-state index is 0.0461. The molecule has 0 aliphatic carbocycles. The van der Waals surface area contributed by atoms with E-state index in [4.69, 9.17) is 4.42 Å². The van der Waals surface area contributed by atoms with Crippen LogP contribution in [0.4, 0.5) is 0 Å². The Morgan fingerprint density at radius 3 is 2.54 bits per heavy atom. The summed E-state index contributed by atoms with van der Waals surface area (Å²) in [5, 5.41) is 3.08. The molecule has 0 saturated carbocycles. The van der Waals surface area contributed by atoms with Crippen molar-refractivity contribution in [3.63, 3.8) is 0 Å². The van der Waals surface area contributed by atoms with Crippen LogP contribution >= 0.6 is 15.9 Å². The number of carbonyl (C=O) groups excluding carboxylic acids is 1. The number of hydrogen-bond acceptors (Lipinski definition) is 3. The summed E-state index contributed by atoms with van der Waals surface area (Å²) in [6, 6.07) is 12.0. The molecule has 2 heterocycles. The number of furan rings is 1. The highest BCUT2D eigenvalue weighted by atomic mass is 79.9. The first-order valence-electron chi connectivity index (χ1n) is 8.43. The second kappa shape index (κ2) is 7.99. The Balaban J connectivity index is 1.60. The summed E-state index contributed by atoms with van der Waals surface area (Å²) >= 11 is 3.41. The van der Waals surface area contributed by atoms with Crippen LogP contribution in [0.1, 0.15) is 36.0 Å². The van der Waals surface area contributed by atoms with Gasteiger partial charge in [-0.1, -0.05) is 28.1 Å². The van der Waals surface area contributed by atoms with Gasteiger partial charge in [0.1, 0.15) is 11.5 Å². The van der Waals surface area contributed by atoms with E-state index < -0.39 is 0 Å². The second-order valence-corrected chi connectivity index (χ2v) is 7.23. The summed E-state index contributed by atoms with van der Waals surface area (Å²) in [7, 11) is 0. The lowest BCUT2D eigenvalue weighted by Gasteiger charge is -2.26. The molecule has 1 aliphatic rings. The van der Waals surface area contributed by atoms with Crippen LogP contribution in [-0.2, 0) is 11.2 Å². The van der Waals surface area contributed by atoms with Gasteiger partial charge in [-0.2, -0.15) is 0 Å². The molecule has 5 heteroatoms. The highest BCUT2D eigenvalue weighted by molar-refractivity contribution is 9.10. The van der Waals surface area contributed by atoms with Crippen LogP contribution in [0.3, 0.4) is 0 Å². The van der Waals surface area contributed by atoms with Gasteiger partial charge in [-0.25, -0.2) is 0 Å². The Bertz CT molecular complexity index is 675. The molecule has 128 valence electrons. The lowest BCUT2D eigenvalue weighted by Crippen LogP contribution is -2.37. The third kappa shape index (κ3) is 4.48. The maximum absolute atomic E-state index is 12.3. The minimum atomic E-state index is 0.0461. The number of nitrogens with one attached hydrogen (secondary N) is 1. The number of rotatable bonds is 6. The van der Waals surface area contributed by atoms with Crippen LogP contribution in [0, 0.1) is 6.92 Å². The van der Waals surface area contributed by atoms with E-state index in [9.17, 15) is 4.79 Å². The number of likely N-dealkylation sites (tertiary alicyclic amines) is 1. The van der Waals surface area contributed by atoms with Crippen LogP contribution in [0.5, 0.6) is 0 Å². The molecule has 0 unspecified atom stereocenters. The number of hydrogen-bond donors (Lipinski definition) is 1. The fraction of sp³-hybridized carbons (Fsp3) is 0.421. The van der Waals surface area contributed by atoms with Gasteiger partial charge in [0.25, 0.3) is 0 Å². The molecule has 1 aromatic carbocycles. The molecule has 1 saturated heterocycles. The molecule has 1 fully saturated rings. The summed E-state index contributed by atoms with van der Waals surface area (Å²) in [6.45, 7) is 4.67. The normalized spacial score (nSPS) is 16.2. The standard InChI is InChI=1S/C19H23BrN2O2/c1-14-4-9-18(24-14)17(22-10-2-3-11-22)13-21-19(23)12-15-5-7-16(20)8-6-15/h4-9,17H,2-3,10-13H2,1H3,(H,21,23)/t17-/m0/s1. The van der Waals surface area contributed by atoms with Gasteiger partial charge in [0, 0.05) is 11.0 Å². The molecule has 1 aliphatic heterocycles. The summed E-state index contributed by atoms with van der Waals surface area (Å²) in [6.07, 6.45) is 2.82. The van der Waals surface area contributed by atoms with Crippen molar-refractivity contribution in [1.29, 1.82) is 0 Å². The van der Waals surface area contributed by atoms with E-state index in [1.54, 1.807) is 0 Å².